The van der Waals surface area contributed by atoms with E-state index >= 15 is 0 Å². The van der Waals surface area contributed by atoms with Gasteiger partial charge in [0.1, 0.15) is 5.82 Å². The van der Waals surface area contributed by atoms with Crippen molar-refractivity contribution in [2.75, 3.05) is 0 Å². The van der Waals surface area contributed by atoms with Crippen LogP contribution < -0.4 is 5.73 Å². The van der Waals surface area contributed by atoms with E-state index in [1.165, 1.54) is 0 Å². The molecule has 0 aliphatic heterocycles. The van der Waals surface area contributed by atoms with Crippen molar-refractivity contribution in [3.8, 4) is 0 Å². The molecule has 0 radical (unpaired) electrons. The molecule has 88 valence electrons. The van der Waals surface area contributed by atoms with Gasteiger partial charge in [-0.3, -0.25) is 0 Å². The first-order valence-electron chi connectivity index (χ1n) is 5.01. The molecule has 1 aromatic carbocycles. The SMILES string of the molecule is NC(c1cc(F)cc(C(F)(F)F)c1)C1CC1. The summed E-state index contributed by atoms with van der Waals surface area (Å²) >= 11 is 0. The zero-order chi connectivity index (χ0) is 11.9. The van der Waals surface area contributed by atoms with Gasteiger partial charge in [-0.25, -0.2) is 4.39 Å². The predicted octanol–water partition coefficient (Wildman–Crippen LogP) is 3.25. The van der Waals surface area contributed by atoms with Crippen LogP contribution in [0, 0.1) is 11.7 Å². The summed E-state index contributed by atoms with van der Waals surface area (Å²) in [5.74, 6) is -0.691. The summed E-state index contributed by atoms with van der Waals surface area (Å²) in [4.78, 5) is 0. The van der Waals surface area contributed by atoms with Crippen LogP contribution in [-0.2, 0) is 6.18 Å². The maximum absolute atomic E-state index is 13.0. The van der Waals surface area contributed by atoms with Crippen molar-refractivity contribution in [3.05, 3.63) is 35.1 Å². The molecule has 0 bridgehead atoms. The van der Waals surface area contributed by atoms with E-state index in [2.05, 4.69) is 0 Å². The van der Waals surface area contributed by atoms with E-state index in [0.29, 0.717) is 6.07 Å². The third-order valence-electron chi connectivity index (χ3n) is 2.76. The molecular weight excluding hydrogens is 222 g/mol. The summed E-state index contributed by atoms with van der Waals surface area (Å²) in [6.07, 6.45) is -2.72. The number of rotatable bonds is 2. The fourth-order valence-corrected chi connectivity index (χ4v) is 1.70. The van der Waals surface area contributed by atoms with Crippen LogP contribution in [0.15, 0.2) is 18.2 Å². The van der Waals surface area contributed by atoms with Crippen molar-refractivity contribution in [2.45, 2.75) is 25.1 Å². The molecule has 2 rings (SSSR count). The van der Waals surface area contributed by atoms with Gasteiger partial charge in [0.05, 0.1) is 5.56 Å². The number of nitrogens with two attached hydrogens (primary N) is 1. The summed E-state index contributed by atoms with van der Waals surface area (Å²) in [6.45, 7) is 0. The summed E-state index contributed by atoms with van der Waals surface area (Å²) < 4.78 is 50.3. The number of benzene rings is 1. The molecule has 1 unspecified atom stereocenters. The molecule has 0 heterocycles. The Morgan fingerprint density at radius 1 is 1.19 bits per heavy atom. The zero-order valence-electron chi connectivity index (χ0n) is 8.39. The van der Waals surface area contributed by atoms with Crippen molar-refractivity contribution in [1.82, 2.24) is 0 Å². The van der Waals surface area contributed by atoms with Crippen LogP contribution in [0.4, 0.5) is 17.6 Å². The predicted molar refractivity (Wildman–Crippen MR) is 51.1 cm³/mol. The Morgan fingerprint density at radius 2 is 1.81 bits per heavy atom. The highest BCUT2D eigenvalue weighted by molar-refractivity contribution is 5.29. The molecule has 1 atom stereocenters. The van der Waals surface area contributed by atoms with Crippen LogP contribution in [0.3, 0.4) is 0 Å². The van der Waals surface area contributed by atoms with Crippen LogP contribution in [0.1, 0.15) is 30.0 Å². The minimum Gasteiger partial charge on any atom is -0.324 e. The van der Waals surface area contributed by atoms with Crippen molar-refractivity contribution in [3.63, 3.8) is 0 Å². The van der Waals surface area contributed by atoms with Crippen LogP contribution in [0.5, 0.6) is 0 Å². The van der Waals surface area contributed by atoms with Crippen molar-refractivity contribution in [2.24, 2.45) is 11.7 Å². The third-order valence-corrected chi connectivity index (χ3v) is 2.76. The first-order valence-corrected chi connectivity index (χ1v) is 5.01. The van der Waals surface area contributed by atoms with Crippen molar-refractivity contribution in [1.29, 1.82) is 0 Å². The molecule has 0 saturated heterocycles. The fourth-order valence-electron chi connectivity index (χ4n) is 1.70. The highest BCUT2D eigenvalue weighted by Gasteiger charge is 2.34. The number of halogens is 4. The standard InChI is InChI=1S/C11H11F4N/c12-9-4-7(10(16)6-1-2-6)3-8(5-9)11(13,14)15/h3-6,10H,1-2,16H2. The number of hydrogen-bond acceptors (Lipinski definition) is 1. The van der Waals surface area contributed by atoms with E-state index < -0.39 is 23.6 Å². The molecular formula is C11H11F4N. The van der Waals surface area contributed by atoms with Gasteiger partial charge in [-0.1, -0.05) is 0 Å². The molecule has 1 aliphatic carbocycles. The minimum atomic E-state index is -4.53. The Labute approximate surface area is 90.3 Å². The monoisotopic (exact) mass is 233 g/mol. The van der Waals surface area contributed by atoms with E-state index in [1.54, 1.807) is 0 Å². The lowest BCUT2D eigenvalue weighted by atomic mass is 10.0. The van der Waals surface area contributed by atoms with E-state index in [1.807, 2.05) is 0 Å². The first kappa shape index (κ1) is 11.4. The fraction of sp³-hybridized carbons (Fsp3) is 0.455. The lowest BCUT2D eigenvalue weighted by molar-refractivity contribution is -0.137. The van der Waals surface area contributed by atoms with E-state index in [4.69, 9.17) is 5.73 Å². The molecule has 1 saturated carbocycles. The van der Waals surface area contributed by atoms with Gasteiger partial charge in [0.15, 0.2) is 0 Å². The second kappa shape index (κ2) is 3.73. The molecule has 1 nitrogen and oxygen atoms in total. The van der Waals surface area contributed by atoms with Crippen LogP contribution in [-0.4, -0.2) is 0 Å². The van der Waals surface area contributed by atoms with Gasteiger partial charge >= 0.3 is 6.18 Å². The molecule has 1 aliphatic rings. The Bertz CT molecular complexity index is 395. The molecule has 0 aromatic heterocycles. The van der Waals surface area contributed by atoms with Crippen LogP contribution >= 0.6 is 0 Å². The summed E-state index contributed by atoms with van der Waals surface area (Å²) in [5.41, 5.74) is 5.01. The van der Waals surface area contributed by atoms with Gasteiger partial charge in [0, 0.05) is 6.04 Å². The van der Waals surface area contributed by atoms with Gasteiger partial charge in [-0.15, -0.1) is 0 Å². The van der Waals surface area contributed by atoms with E-state index in [0.717, 1.165) is 25.0 Å². The maximum atomic E-state index is 13.0. The molecule has 1 aromatic rings. The summed E-state index contributed by atoms with van der Waals surface area (Å²) in [6, 6.07) is 2.02. The Morgan fingerprint density at radius 3 is 2.31 bits per heavy atom. The van der Waals surface area contributed by atoms with Gasteiger partial charge in [-0.2, -0.15) is 13.2 Å². The smallest absolute Gasteiger partial charge is 0.324 e. The summed E-state index contributed by atoms with van der Waals surface area (Å²) in [5, 5.41) is 0. The van der Waals surface area contributed by atoms with E-state index in [-0.39, 0.29) is 11.5 Å². The minimum absolute atomic E-state index is 0.197. The number of hydrogen-bond donors (Lipinski definition) is 1. The summed E-state index contributed by atoms with van der Waals surface area (Å²) in [7, 11) is 0. The Hall–Kier alpha value is -1.10. The average molecular weight is 233 g/mol. The molecule has 0 amide bonds. The maximum Gasteiger partial charge on any atom is 0.416 e. The molecule has 1 fully saturated rings. The normalized spacial score (nSPS) is 18.6. The van der Waals surface area contributed by atoms with Crippen LogP contribution in [0.2, 0.25) is 0 Å². The van der Waals surface area contributed by atoms with Crippen molar-refractivity contribution < 1.29 is 17.6 Å². The highest BCUT2D eigenvalue weighted by atomic mass is 19.4. The van der Waals surface area contributed by atoms with Gasteiger partial charge in [0.2, 0.25) is 0 Å². The largest absolute Gasteiger partial charge is 0.416 e. The molecule has 16 heavy (non-hydrogen) atoms. The van der Waals surface area contributed by atoms with Crippen LogP contribution in [0.25, 0.3) is 0 Å². The molecule has 2 N–H and O–H groups in total. The van der Waals surface area contributed by atoms with Gasteiger partial charge in [-0.05, 0) is 42.5 Å². The lowest BCUT2D eigenvalue weighted by Crippen LogP contribution is -2.15. The quantitative estimate of drug-likeness (QED) is 0.779. The zero-order valence-corrected chi connectivity index (χ0v) is 8.39. The van der Waals surface area contributed by atoms with Gasteiger partial charge < -0.3 is 5.73 Å². The Kier molecular flexibility index (Phi) is 2.66. The van der Waals surface area contributed by atoms with Crippen molar-refractivity contribution >= 4 is 0 Å². The van der Waals surface area contributed by atoms with E-state index in [9.17, 15) is 17.6 Å². The topological polar surface area (TPSA) is 26.0 Å². The second-order valence-corrected chi connectivity index (χ2v) is 4.13. The lowest BCUT2D eigenvalue weighted by Gasteiger charge is -2.14. The Balaban J connectivity index is 2.35. The third kappa shape index (κ3) is 2.35. The first-order chi connectivity index (χ1) is 7.38. The molecule has 0 spiro atoms. The number of alkyl halides is 3. The second-order valence-electron chi connectivity index (χ2n) is 4.13. The highest BCUT2D eigenvalue weighted by Crippen LogP contribution is 2.40. The average Bonchev–Trinajstić information content (AvgIpc) is 2.97. The molecule has 5 heteroatoms. The van der Waals surface area contributed by atoms with Gasteiger partial charge in [0.25, 0.3) is 0 Å².